The smallest absolute Gasteiger partial charge is 0.264 e. The molecule has 6 heteroatoms. The molecule has 1 atom stereocenters. The van der Waals surface area contributed by atoms with Gasteiger partial charge in [-0.1, -0.05) is 6.07 Å². The first-order valence-corrected chi connectivity index (χ1v) is 7.97. The van der Waals surface area contributed by atoms with E-state index in [1.165, 1.54) is 6.07 Å². The molecule has 3 N–H and O–H groups in total. The number of nitrogens with one attached hydrogen (secondary N) is 2. The van der Waals surface area contributed by atoms with Crippen LogP contribution in [-0.4, -0.2) is 40.1 Å². The van der Waals surface area contributed by atoms with Crippen molar-refractivity contribution in [3.63, 3.8) is 0 Å². The molecular weight excluding hydrogens is 306 g/mol. The average molecular weight is 331 g/mol. The first kappa shape index (κ1) is 18.2. The van der Waals surface area contributed by atoms with E-state index in [2.05, 4.69) is 15.5 Å². The summed E-state index contributed by atoms with van der Waals surface area (Å²) in [4.78, 5) is 11.2. The van der Waals surface area contributed by atoms with Crippen LogP contribution in [0.4, 0.5) is 0 Å². The van der Waals surface area contributed by atoms with Gasteiger partial charge in [0.15, 0.2) is 0 Å². The molecule has 130 valence electrons. The summed E-state index contributed by atoms with van der Waals surface area (Å²) in [5.74, 6) is 0.629. The summed E-state index contributed by atoms with van der Waals surface area (Å²) >= 11 is 0. The molecule has 0 saturated heterocycles. The largest absolute Gasteiger partial charge is 0.490 e. The van der Waals surface area contributed by atoms with Crippen LogP contribution in [0.15, 0.2) is 35.1 Å². The van der Waals surface area contributed by atoms with Crippen LogP contribution in [0.25, 0.3) is 11.3 Å². The maximum atomic E-state index is 11.2. The minimum absolute atomic E-state index is 0.0602. The van der Waals surface area contributed by atoms with E-state index >= 15 is 0 Å². The molecule has 6 nitrogen and oxygen atoms in total. The van der Waals surface area contributed by atoms with E-state index in [1.54, 1.807) is 6.07 Å². The quantitative estimate of drug-likeness (QED) is 0.752. The van der Waals surface area contributed by atoms with Crippen molar-refractivity contribution in [2.24, 2.45) is 0 Å². The summed E-state index contributed by atoms with van der Waals surface area (Å²) in [7, 11) is 0. The fraction of sp³-hybridized carbons (Fsp3) is 0.444. The van der Waals surface area contributed by atoms with Crippen molar-refractivity contribution in [3.05, 3.63) is 46.2 Å². The topological polar surface area (TPSA) is 87.2 Å². The molecular formula is C18H25N3O3. The van der Waals surface area contributed by atoms with Crippen molar-refractivity contribution in [1.82, 2.24) is 15.5 Å². The number of aliphatic hydroxyl groups is 1. The zero-order valence-electron chi connectivity index (χ0n) is 14.6. The molecule has 0 saturated carbocycles. The number of rotatable bonds is 6. The number of β-amino-alcohol motifs (C(OH)–C–C–N with tert-alkyl or cyclic N) is 1. The lowest BCUT2D eigenvalue weighted by Gasteiger charge is -2.23. The van der Waals surface area contributed by atoms with Gasteiger partial charge in [-0.15, -0.1) is 0 Å². The van der Waals surface area contributed by atoms with E-state index in [4.69, 9.17) is 4.74 Å². The monoisotopic (exact) mass is 331 g/mol. The van der Waals surface area contributed by atoms with Gasteiger partial charge in [-0.25, -0.2) is 5.10 Å². The fourth-order valence-corrected chi connectivity index (χ4v) is 2.12. The number of aryl methyl sites for hydroxylation is 1. The number of aromatic amines is 1. The van der Waals surface area contributed by atoms with Gasteiger partial charge in [-0.2, -0.15) is 5.10 Å². The predicted molar refractivity (Wildman–Crippen MR) is 94.3 cm³/mol. The van der Waals surface area contributed by atoms with Crippen LogP contribution in [0, 0.1) is 6.92 Å². The van der Waals surface area contributed by atoms with Crippen molar-refractivity contribution in [3.8, 4) is 17.0 Å². The van der Waals surface area contributed by atoms with E-state index < -0.39 is 6.10 Å². The second-order valence-electron chi connectivity index (χ2n) is 6.90. The number of nitrogens with zero attached hydrogens (tertiary/aromatic N) is 1. The third-order valence-electron chi connectivity index (χ3n) is 3.39. The Hall–Kier alpha value is -2.18. The highest BCUT2D eigenvalue weighted by molar-refractivity contribution is 5.67. The van der Waals surface area contributed by atoms with Crippen LogP contribution in [0.5, 0.6) is 5.75 Å². The predicted octanol–water partition coefficient (Wildman–Crippen LogP) is 1.87. The van der Waals surface area contributed by atoms with Crippen LogP contribution in [0.3, 0.4) is 0 Å². The highest BCUT2D eigenvalue weighted by Crippen LogP contribution is 2.29. The average Bonchev–Trinajstić information content (AvgIpc) is 2.51. The van der Waals surface area contributed by atoms with Crippen LogP contribution in [-0.2, 0) is 0 Å². The Balaban J connectivity index is 2.10. The molecule has 24 heavy (non-hydrogen) atoms. The Morgan fingerprint density at radius 3 is 2.67 bits per heavy atom. The highest BCUT2D eigenvalue weighted by Gasteiger charge is 2.14. The van der Waals surface area contributed by atoms with Gasteiger partial charge in [0.1, 0.15) is 18.5 Å². The molecule has 1 aromatic heterocycles. The Morgan fingerprint density at radius 1 is 1.29 bits per heavy atom. The van der Waals surface area contributed by atoms with Crippen molar-refractivity contribution >= 4 is 0 Å². The summed E-state index contributed by atoms with van der Waals surface area (Å²) in [6.07, 6.45) is -0.624. The summed E-state index contributed by atoms with van der Waals surface area (Å²) in [6.45, 7) is 8.71. The van der Waals surface area contributed by atoms with Gasteiger partial charge in [-0.3, -0.25) is 4.79 Å². The van der Waals surface area contributed by atoms with Crippen molar-refractivity contribution in [2.45, 2.75) is 39.3 Å². The second kappa shape index (κ2) is 7.59. The summed E-state index contributed by atoms with van der Waals surface area (Å²) in [5, 5.41) is 19.8. The van der Waals surface area contributed by atoms with E-state index in [1.807, 2.05) is 45.9 Å². The van der Waals surface area contributed by atoms with Gasteiger partial charge in [0.05, 0.1) is 5.69 Å². The van der Waals surface area contributed by atoms with Crippen molar-refractivity contribution in [2.75, 3.05) is 13.2 Å². The van der Waals surface area contributed by atoms with Gasteiger partial charge in [0.2, 0.25) is 0 Å². The number of aromatic nitrogens is 2. The zero-order valence-corrected chi connectivity index (χ0v) is 14.6. The molecule has 0 fully saturated rings. The van der Waals surface area contributed by atoms with Gasteiger partial charge >= 0.3 is 0 Å². The SMILES string of the molecule is Cc1ccc(-c2ccc(=O)[nH]n2)c(OCC(O)CNC(C)(C)C)c1. The zero-order chi connectivity index (χ0) is 17.7. The van der Waals surface area contributed by atoms with E-state index in [9.17, 15) is 9.90 Å². The van der Waals surface area contributed by atoms with E-state index in [0.29, 0.717) is 18.0 Å². The number of H-pyrrole nitrogens is 1. The maximum Gasteiger partial charge on any atom is 0.264 e. The summed E-state index contributed by atoms with van der Waals surface area (Å²) in [6, 6.07) is 8.81. The van der Waals surface area contributed by atoms with Crippen LogP contribution >= 0.6 is 0 Å². The molecule has 0 aliphatic heterocycles. The lowest BCUT2D eigenvalue weighted by Crippen LogP contribution is -2.42. The Labute approximate surface area is 141 Å². The molecule has 0 aliphatic rings. The van der Waals surface area contributed by atoms with Crippen LogP contribution in [0.1, 0.15) is 26.3 Å². The van der Waals surface area contributed by atoms with Crippen LogP contribution < -0.4 is 15.6 Å². The molecule has 0 radical (unpaired) electrons. The first-order chi connectivity index (χ1) is 11.2. The van der Waals surface area contributed by atoms with Gasteiger partial charge in [0.25, 0.3) is 5.56 Å². The van der Waals surface area contributed by atoms with Crippen molar-refractivity contribution < 1.29 is 9.84 Å². The van der Waals surface area contributed by atoms with E-state index in [-0.39, 0.29) is 17.7 Å². The minimum atomic E-state index is -0.624. The van der Waals surface area contributed by atoms with Crippen molar-refractivity contribution in [1.29, 1.82) is 0 Å². The number of hydrogen-bond acceptors (Lipinski definition) is 5. The molecule has 1 unspecified atom stereocenters. The maximum absolute atomic E-state index is 11.2. The Morgan fingerprint density at radius 2 is 2.04 bits per heavy atom. The van der Waals surface area contributed by atoms with E-state index in [0.717, 1.165) is 11.1 Å². The highest BCUT2D eigenvalue weighted by atomic mass is 16.5. The Kier molecular flexibility index (Phi) is 5.75. The van der Waals surface area contributed by atoms with Gasteiger partial charge in [0, 0.05) is 23.7 Å². The first-order valence-electron chi connectivity index (χ1n) is 7.97. The lowest BCUT2D eigenvalue weighted by molar-refractivity contribution is 0.100. The number of hydrogen-bond donors (Lipinski definition) is 3. The second-order valence-corrected chi connectivity index (χ2v) is 6.90. The third-order valence-corrected chi connectivity index (χ3v) is 3.39. The molecule has 1 heterocycles. The molecule has 2 aromatic rings. The number of aliphatic hydroxyl groups excluding tert-OH is 1. The molecule has 2 rings (SSSR count). The number of ether oxygens (including phenoxy) is 1. The normalized spacial score (nSPS) is 12.9. The van der Waals surface area contributed by atoms with Gasteiger partial charge in [-0.05, 0) is 51.5 Å². The summed E-state index contributed by atoms with van der Waals surface area (Å²) < 4.78 is 5.81. The molecule has 1 aromatic carbocycles. The third kappa shape index (κ3) is 5.47. The molecule has 0 spiro atoms. The molecule has 0 bridgehead atoms. The molecule has 0 aliphatic carbocycles. The fourth-order valence-electron chi connectivity index (χ4n) is 2.12. The van der Waals surface area contributed by atoms with Gasteiger partial charge < -0.3 is 15.2 Å². The standard InChI is InChI=1S/C18H25N3O3/c1-12-5-6-14(15-7-8-17(23)21-20-15)16(9-12)24-11-13(22)10-19-18(2,3)4/h5-9,13,19,22H,10-11H2,1-4H3,(H,21,23). The lowest BCUT2D eigenvalue weighted by atomic mass is 10.1. The number of benzene rings is 1. The van der Waals surface area contributed by atoms with Crippen LogP contribution in [0.2, 0.25) is 0 Å². The minimum Gasteiger partial charge on any atom is -0.490 e. The summed E-state index contributed by atoms with van der Waals surface area (Å²) in [5.41, 5.74) is 2.12. The Bertz CT molecular complexity index is 715. The molecule has 0 amide bonds.